The second-order valence-electron chi connectivity index (χ2n) is 5.88. The Hall–Kier alpha value is -1.00. The van der Waals surface area contributed by atoms with Gasteiger partial charge in [-0.3, -0.25) is 11.3 Å². The predicted molar refractivity (Wildman–Crippen MR) is 69.9 cm³/mol. The van der Waals surface area contributed by atoms with Crippen molar-refractivity contribution in [1.29, 1.82) is 0 Å². The molecule has 1 aromatic rings. The molecular formula is C14H22F2N2. The summed E-state index contributed by atoms with van der Waals surface area (Å²) >= 11 is 0. The van der Waals surface area contributed by atoms with Crippen LogP contribution in [0.2, 0.25) is 0 Å². The molecule has 4 heteroatoms. The van der Waals surface area contributed by atoms with E-state index in [0.717, 1.165) is 18.9 Å². The molecule has 0 saturated carbocycles. The van der Waals surface area contributed by atoms with Crippen LogP contribution in [-0.2, 0) is 6.42 Å². The van der Waals surface area contributed by atoms with Gasteiger partial charge in [-0.1, -0.05) is 32.9 Å². The van der Waals surface area contributed by atoms with Gasteiger partial charge in [0, 0.05) is 6.04 Å². The van der Waals surface area contributed by atoms with Gasteiger partial charge < -0.3 is 0 Å². The summed E-state index contributed by atoms with van der Waals surface area (Å²) in [5, 5.41) is 0. The molecule has 0 aromatic heterocycles. The van der Waals surface area contributed by atoms with E-state index in [-0.39, 0.29) is 11.5 Å². The Morgan fingerprint density at radius 1 is 1.28 bits per heavy atom. The predicted octanol–water partition coefficient (Wildman–Crippen LogP) is 3.17. The standard InChI is InChI=1S/C14H22F2N2/c1-14(2,3)8-7-11(18-17)9-10-5-4-6-12(15)13(10)16/h4-6,11,18H,7-9,17H2,1-3H3. The van der Waals surface area contributed by atoms with Gasteiger partial charge in [0.15, 0.2) is 11.6 Å². The molecule has 102 valence electrons. The van der Waals surface area contributed by atoms with Crippen LogP contribution in [0.3, 0.4) is 0 Å². The first-order valence-electron chi connectivity index (χ1n) is 6.22. The molecule has 0 saturated heterocycles. The van der Waals surface area contributed by atoms with Crippen LogP contribution in [0.4, 0.5) is 8.78 Å². The molecule has 0 aliphatic carbocycles. The molecule has 1 aromatic carbocycles. The summed E-state index contributed by atoms with van der Waals surface area (Å²) in [6.45, 7) is 6.43. The molecular weight excluding hydrogens is 234 g/mol. The number of nitrogens with one attached hydrogen (secondary N) is 1. The SMILES string of the molecule is CC(C)(C)CCC(Cc1cccc(F)c1F)NN. The number of halogens is 2. The van der Waals surface area contributed by atoms with E-state index in [0.29, 0.717) is 12.0 Å². The first kappa shape index (κ1) is 15.1. The fourth-order valence-corrected chi connectivity index (χ4v) is 1.82. The summed E-state index contributed by atoms with van der Waals surface area (Å²) in [4.78, 5) is 0. The minimum atomic E-state index is -0.806. The third-order valence-electron chi connectivity index (χ3n) is 2.98. The fraction of sp³-hybridized carbons (Fsp3) is 0.571. The molecule has 0 fully saturated rings. The largest absolute Gasteiger partial charge is 0.271 e. The smallest absolute Gasteiger partial charge is 0.162 e. The minimum Gasteiger partial charge on any atom is -0.271 e. The minimum absolute atomic E-state index is 0.0412. The molecule has 1 rings (SSSR count). The van der Waals surface area contributed by atoms with Crippen molar-refractivity contribution in [3.63, 3.8) is 0 Å². The molecule has 0 aliphatic heterocycles. The second-order valence-corrected chi connectivity index (χ2v) is 5.88. The zero-order chi connectivity index (χ0) is 13.8. The first-order valence-corrected chi connectivity index (χ1v) is 6.22. The van der Waals surface area contributed by atoms with E-state index < -0.39 is 11.6 Å². The van der Waals surface area contributed by atoms with Crippen molar-refractivity contribution in [2.75, 3.05) is 0 Å². The number of benzene rings is 1. The molecule has 0 radical (unpaired) electrons. The Balaban J connectivity index is 2.65. The van der Waals surface area contributed by atoms with E-state index in [1.54, 1.807) is 6.07 Å². The fourth-order valence-electron chi connectivity index (χ4n) is 1.82. The summed E-state index contributed by atoms with van der Waals surface area (Å²) in [5.74, 6) is 3.90. The topological polar surface area (TPSA) is 38.0 Å². The number of rotatable bonds is 5. The van der Waals surface area contributed by atoms with Gasteiger partial charge in [0.05, 0.1) is 0 Å². The van der Waals surface area contributed by atoms with Gasteiger partial charge in [-0.25, -0.2) is 8.78 Å². The van der Waals surface area contributed by atoms with Crippen LogP contribution in [0.5, 0.6) is 0 Å². The Labute approximate surface area is 108 Å². The van der Waals surface area contributed by atoms with Gasteiger partial charge in [0.1, 0.15) is 0 Å². The highest BCUT2D eigenvalue weighted by Gasteiger charge is 2.17. The Kier molecular flexibility index (Phi) is 5.23. The van der Waals surface area contributed by atoms with E-state index in [2.05, 4.69) is 26.2 Å². The molecule has 1 atom stereocenters. The molecule has 1 unspecified atom stereocenters. The molecule has 0 amide bonds. The average Bonchev–Trinajstić information content (AvgIpc) is 2.28. The average molecular weight is 256 g/mol. The maximum absolute atomic E-state index is 13.5. The lowest BCUT2D eigenvalue weighted by Crippen LogP contribution is -2.37. The Bertz CT molecular complexity index is 386. The molecule has 3 N–H and O–H groups in total. The second kappa shape index (κ2) is 6.25. The summed E-state index contributed by atoms with van der Waals surface area (Å²) in [6.07, 6.45) is 2.20. The van der Waals surface area contributed by atoms with Crippen LogP contribution >= 0.6 is 0 Å². The third kappa shape index (κ3) is 4.70. The quantitative estimate of drug-likeness (QED) is 0.627. The van der Waals surface area contributed by atoms with E-state index in [1.165, 1.54) is 6.07 Å². The Morgan fingerprint density at radius 2 is 1.94 bits per heavy atom. The molecule has 0 spiro atoms. The van der Waals surface area contributed by atoms with E-state index in [4.69, 9.17) is 5.84 Å². The maximum atomic E-state index is 13.5. The molecule has 18 heavy (non-hydrogen) atoms. The van der Waals surface area contributed by atoms with Crippen molar-refractivity contribution in [2.24, 2.45) is 11.3 Å². The maximum Gasteiger partial charge on any atom is 0.162 e. The van der Waals surface area contributed by atoms with Crippen molar-refractivity contribution < 1.29 is 8.78 Å². The summed E-state index contributed by atoms with van der Waals surface area (Å²) in [7, 11) is 0. The summed E-state index contributed by atoms with van der Waals surface area (Å²) < 4.78 is 26.6. The van der Waals surface area contributed by atoms with Gasteiger partial charge >= 0.3 is 0 Å². The monoisotopic (exact) mass is 256 g/mol. The van der Waals surface area contributed by atoms with Crippen LogP contribution in [0.15, 0.2) is 18.2 Å². The van der Waals surface area contributed by atoms with Gasteiger partial charge in [0.25, 0.3) is 0 Å². The molecule has 0 bridgehead atoms. The van der Waals surface area contributed by atoms with E-state index in [1.807, 2.05) is 0 Å². The summed E-state index contributed by atoms with van der Waals surface area (Å²) in [5.41, 5.74) is 3.25. The molecule has 2 nitrogen and oxygen atoms in total. The van der Waals surface area contributed by atoms with Crippen molar-refractivity contribution in [3.8, 4) is 0 Å². The number of nitrogens with two attached hydrogens (primary N) is 1. The van der Waals surface area contributed by atoms with Crippen molar-refractivity contribution in [2.45, 2.75) is 46.1 Å². The number of hydrazine groups is 1. The zero-order valence-electron chi connectivity index (χ0n) is 11.3. The van der Waals surface area contributed by atoms with Gasteiger partial charge in [-0.2, -0.15) is 0 Å². The number of hydrogen-bond donors (Lipinski definition) is 2. The normalized spacial score (nSPS) is 13.7. The Morgan fingerprint density at radius 3 is 2.50 bits per heavy atom. The zero-order valence-corrected chi connectivity index (χ0v) is 11.3. The van der Waals surface area contributed by atoms with Crippen molar-refractivity contribution in [1.82, 2.24) is 5.43 Å². The van der Waals surface area contributed by atoms with Crippen LogP contribution in [0, 0.1) is 17.0 Å². The van der Waals surface area contributed by atoms with Crippen LogP contribution in [0.25, 0.3) is 0 Å². The lowest BCUT2D eigenvalue weighted by molar-refractivity contribution is 0.328. The lowest BCUT2D eigenvalue weighted by atomic mass is 9.87. The van der Waals surface area contributed by atoms with Gasteiger partial charge in [-0.05, 0) is 36.3 Å². The van der Waals surface area contributed by atoms with Crippen LogP contribution < -0.4 is 11.3 Å². The molecule has 0 aliphatic rings. The van der Waals surface area contributed by atoms with E-state index >= 15 is 0 Å². The van der Waals surface area contributed by atoms with Crippen molar-refractivity contribution in [3.05, 3.63) is 35.4 Å². The highest BCUT2D eigenvalue weighted by Crippen LogP contribution is 2.23. The third-order valence-corrected chi connectivity index (χ3v) is 2.98. The first-order chi connectivity index (χ1) is 8.33. The lowest BCUT2D eigenvalue weighted by Gasteiger charge is -2.23. The highest BCUT2D eigenvalue weighted by atomic mass is 19.2. The summed E-state index contributed by atoms with van der Waals surface area (Å²) in [6, 6.07) is 4.20. The molecule has 0 heterocycles. The van der Waals surface area contributed by atoms with Gasteiger partial charge in [-0.15, -0.1) is 0 Å². The van der Waals surface area contributed by atoms with Crippen LogP contribution in [-0.4, -0.2) is 6.04 Å². The van der Waals surface area contributed by atoms with E-state index in [9.17, 15) is 8.78 Å². The van der Waals surface area contributed by atoms with Crippen molar-refractivity contribution >= 4 is 0 Å². The highest BCUT2D eigenvalue weighted by molar-refractivity contribution is 5.20. The van der Waals surface area contributed by atoms with Gasteiger partial charge in [0.2, 0.25) is 0 Å². The van der Waals surface area contributed by atoms with Crippen LogP contribution in [0.1, 0.15) is 39.2 Å². The number of hydrogen-bond acceptors (Lipinski definition) is 2.